The first-order chi connectivity index (χ1) is 10.7. The van der Waals surface area contributed by atoms with Crippen LogP contribution in [0.2, 0.25) is 0 Å². The molecule has 0 spiro atoms. The molecule has 0 bridgehead atoms. The third-order valence-corrected chi connectivity index (χ3v) is 4.89. The molecule has 3 rings (SSSR count). The normalized spacial score (nSPS) is 30.8. The van der Waals surface area contributed by atoms with Crippen molar-refractivity contribution in [2.45, 2.75) is 44.6 Å². The monoisotopic (exact) mass is 302 g/mol. The predicted octanol–water partition coefficient (Wildman–Crippen LogP) is 0.665. The first kappa shape index (κ1) is 15.0. The lowest BCUT2D eigenvalue weighted by molar-refractivity contribution is -0.127. The van der Waals surface area contributed by atoms with Crippen molar-refractivity contribution in [2.75, 3.05) is 19.6 Å². The minimum atomic E-state index is -0.207. The van der Waals surface area contributed by atoms with Gasteiger partial charge in [-0.15, -0.1) is 0 Å². The number of amides is 1. The molecule has 0 aromatic heterocycles. The fraction of sp³-hybridized carbons (Fsp3) is 0.688. The smallest absolute Gasteiger partial charge is 0.230 e. The molecule has 2 saturated heterocycles. The summed E-state index contributed by atoms with van der Waals surface area (Å²) in [5, 5.41) is 15.3. The molecule has 1 aliphatic carbocycles. The van der Waals surface area contributed by atoms with Crippen molar-refractivity contribution in [3.63, 3.8) is 0 Å². The molecule has 2 aliphatic heterocycles. The highest BCUT2D eigenvalue weighted by atomic mass is 16.2. The van der Waals surface area contributed by atoms with Gasteiger partial charge in [0.05, 0.1) is 12.5 Å². The van der Waals surface area contributed by atoms with Crippen LogP contribution in [0.3, 0.4) is 0 Å². The second-order valence-electron chi connectivity index (χ2n) is 6.40. The predicted molar refractivity (Wildman–Crippen MR) is 80.3 cm³/mol. The molecule has 1 saturated carbocycles. The Morgan fingerprint density at radius 1 is 1.23 bits per heavy atom. The summed E-state index contributed by atoms with van der Waals surface area (Å²) in [6.07, 6.45) is 6.14. The molecular weight excluding hydrogens is 280 g/mol. The van der Waals surface area contributed by atoms with Gasteiger partial charge in [0.25, 0.3) is 0 Å². The Morgan fingerprint density at radius 2 is 1.95 bits per heavy atom. The Morgan fingerprint density at radius 3 is 2.68 bits per heavy atom. The maximum Gasteiger partial charge on any atom is 0.230 e. The van der Waals surface area contributed by atoms with Crippen molar-refractivity contribution in [2.24, 2.45) is 5.92 Å². The van der Waals surface area contributed by atoms with Crippen molar-refractivity contribution < 1.29 is 9.59 Å². The fourth-order valence-electron chi connectivity index (χ4n) is 3.67. The van der Waals surface area contributed by atoms with E-state index in [1.165, 1.54) is 0 Å². The van der Waals surface area contributed by atoms with Gasteiger partial charge >= 0.3 is 0 Å². The molecule has 22 heavy (non-hydrogen) atoms. The molecule has 2 atom stereocenters. The Bertz CT molecular complexity index is 543. The van der Waals surface area contributed by atoms with Crippen LogP contribution < -0.4 is 10.6 Å². The number of nitriles is 1. The zero-order valence-corrected chi connectivity index (χ0v) is 12.7. The number of rotatable bonds is 3. The van der Waals surface area contributed by atoms with Gasteiger partial charge in [0, 0.05) is 6.04 Å². The molecule has 0 aromatic rings. The van der Waals surface area contributed by atoms with Crippen LogP contribution in [0.1, 0.15) is 38.5 Å². The van der Waals surface area contributed by atoms with Gasteiger partial charge in [0.2, 0.25) is 5.91 Å². The molecule has 1 amide bonds. The first-order valence-corrected chi connectivity index (χ1v) is 8.16. The Labute approximate surface area is 130 Å². The Hall–Kier alpha value is -1.87. The lowest BCUT2D eigenvalue weighted by Gasteiger charge is -2.37. The summed E-state index contributed by atoms with van der Waals surface area (Å²) in [5.74, 6) is 0.0209. The van der Waals surface area contributed by atoms with Crippen molar-refractivity contribution >= 4 is 11.7 Å². The van der Waals surface area contributed by atoms with E-state index in [2.05, 4.69) is 15.5 Å². The van der Waals surface area contributed by atoms with Crippen LogP contribution in [0.4, 0.5) is 0 Å². The number of hydrogen-bond acceptors (Lipinski definition) is 5. The molecule has 118 valence electrons. The number of ketones is 1. The number of likely N-dealkylation sites (tertiary alicyclic amines) is 1. The number of carbonyl (C=O) groups is 2. The van der Waals surface area contributed by atoms with Crippen LogP contribution in [0.25, 0.3) is 0 Å². The van der Waals surface area contributed by atoms with Crippen molar-refractivity contribution in [1.29, 1.82) is 5.26 Å². The lowest BCUT2D eigenvalue weighted by atomic mass is 9.82. The summed E-state index contributed by atoms with van der Waals surface area (Å²) >= 11 is 0. The number of hydrogen-bond donors (Lipinski definition) is 2. The molecule has 2 unspecified atom stereocenters. The highest BCUT2D eigenvalue weighted by molar-refractivity contribution is 6.02. The average Bonchev–Trinajstić information content (AvgIpc) is 3.01. The molecule has 2 N–H and O–H groups in total. The van der Waals surface area contributed by atoms with E-state index < -0.39 is 0 Å². The van der Waals surface area contributed by atoms with E-state index >= 15 is 0 Å². The van der Waals surface area contributed by atoms with Gasteiger partial charge in [0.1, 0.15) is 17.5 Å². The standard InChI is InChI=1S/C16H22N4O2/c17-9-12(14(21)10-20-7-3-4-8-20)15-18-13-6-2-1-5-11(13)16(22)19-15/h11,13,18H,1-8,10H2,(H,19,22)/b15-12+. The second-order valence-corrected chi connectivity index (χ2v) is 6.40. The van der Waals surface area contributed by atoms with Crippen LogP contribution >= 0.6 is 0 Å². The topological polar surface area (TPSA) is 85.2 Å². The maximum atomic E-state index is 12.4. The van der Waals surface area contributed by atoms with Crippen molar-refractivity contribution in [3.05, 3.63) is 11.4 Å². The van der Waals surface area contributed by atoms with Crippen LogP contribution in [-0.4, -0.2) is 42.3 Å². The molecule has 3 aliphatic rings. The van der Waals surface area contributed by atoms with Gasteiger partial charge in [-0.25, -0.2) is 0 Å². The van der Waals surface area contributed by atoms with Gasteiger partial charge in [0.15, 0.2) is 5.78 Å². The summed E-state index contributed by atoms with van der Waals surface area (Å²) in [5.41, 5.74) is 0.0595. The highest BCUT2D eigenvalue weighted by Gasteiger charge is 2.37. The summed E-state index contributed by atoms with van der Waals surface area (Å²) in [4.78, 5) is 26.7. The van der Waals surface area contributed by atoms with E-state index in [0.717, 1.165) is 51.6 Å². The maximum absolute atomic E-state index is 12.4. The molecule has 3 fully saturated rings. The lowest BCUT2D eigenvalue weighted by Crippen LogP contribution is -2.55. The zero-order chi connectivity index (χ0) is 15.5. The van der Waals surface area contributed by atoms with Crippen LogP contribution in [-0.2, 0) is 9.59 Å². The molecule has 0 aromatic carbocycles. The number of carbonyl (C=O) groups excluding carboxylic acids is 2. The number of nitrogens with zero attached hydrogens (tertiary/aromatic N) is 2. The first-order valence-electron chi connectivity index (χ1n) is 8.16. The van der Waals surface area contributed by atoms with Gasteiger partial charge in [-0.2, -0.15) is 5.26 Å². The van der Waals surface area contributed by atoms with E-state index in [4.69, 9.17) is 0 Å². The van der Waals surface area contributed by atoms with Gasteiger partial charge < -0.3 is 10.6 Å². The Kier molecular flexibility index (Phi) is 4.44. The summed E-state index contributed by atoms with van der Waals surface area (Å²) in [7, 11) is 0. The van der Waals surface area contributed by atoms with Crippen LogP contribution in [0, 0.1) is 17.2 Å². The zero-order valence-electron chi connectivity index (χ0n) is 12.7. The quantitative estimate of drug-likeness (QED) is 0.591. The Balaban J connectivity index is 1.75. The summed E-state index contributed by atoms with van der Waals surface area (Å²) < 4.78 is 0. The van der Waals surface area contributed by atoms with Crippen LogP contribution in [0.15, 0.2) is 11.4 Å². The summed E-state index contributed by atoms with van der Waals surface area (Å²) in [6.45, 7) is 2.08. The minimum Gasteiger partial charge on any atom is -0.367 e. The average molecular weight is 302 g/mol. The molecule has 6 heteroatoms. The van der Waals surface area contributed by atoms with E-state index in [-0.39, 0.29) is 35.8 Å². The molecule has 6 nitrogen and oxygen atoms in total. The van der Waals surface area contributed by atoms with E-state index in [0.29, 0.717) is 5.82 Å². The van der Waals surface area contributed by atoms with E-state index in [1.807, 2.05) is 6.07 Å². The van der Waals surface area contributed by atoms with E-state index in [1.54, 1.807) is 0 Å². The second kappa shape index (κ2) is 6.49. The van der Waals surface area contributed by atoms with Gasteiger partial charge in [-0.3, -0.25) is 14.5 Å². The largest absolute Gasteiger partial charge is 0.367 e. The number of fused-ring (bicyclic) bond motifs is 1. The minimum absolute atomic E-state index is 0.0360. The molecule has 2 heterocycles. The van der Waals surface area contributed by atoms with E-state index in [9.17, 15) is 14.9 Å². The highest BCUT2D eigenvalue weighted by Crippen LogP contribution is 2.28. The molecular formula is C16H22N4O2. The van der Waals surface area contributed by atoms with Crippen molar-refractivity contribution in [1.82, 2.24) is 15.5 Å². The van der Waals surface area contributed by atoms with Crippen molar-refractivity contribution in [3.8, 4) is 6.07 Å². The third kappa shape index (κ3) is 3.00. The SMILES string of the molecule is N#C/C(C(=O)CN1CCCC1)=C1\NC(=O)C2CCCCC2N1. The summed E-state index contributed by atoms with van der Waals surface area (Å²) in [6, 6.07) is 2.04. The van der Waals surface area contributed by atoms with Crippen LogP contribution in [0.5, 0.6) is 0 Å². The van der Waals surface area contributed by atoms with Gasteiger partial charge in [-0.05, 0) is 38.8 Å². The third-order valence-electron chi connectivity index (χ3n) is 4.89. The van der Waals surface area contributed by atoms with Gasteiger partial charge in [-0.1, -0.05) is 12.8 Å². The number of nitrogens with one attached hydrogen (secondary N) is 2. The number of Topliss-reactive ketones (excluding diaryl/α,β-unsaturated/α-hetero) is 1. The fourth-order valence-corrected chi connectivity index (χ4v) is 3.67. The molecule has 0 radical (unpaired) electrons.